The van der Waals surface area contributed by atoms with Gasteiger partial charge in [-0.05, 0) is 81.1 Å². The molecule has 3 aromatic rings. The van der Waals surface area contributed by atoms with Gasteiger partial charge in [-0.25, -0.2) is 0 Å². The first-order valence-electron chi connectivity index (χ1n) is 12.4. The molecule has 2 N–H and O–H groups in total. The molecule has 1 aliphatic rings. The maximum absolute atomic E-state index is 12.8. The van der Waals surface area contributed by atoms with Gasteiger partial charge in [0.15, 0.2) is 0 Å². The predicted octanol–water partition coefficient (Wildman–Crippen LogP) is 4.87. The second kappa shape index (κ2) is 12.1. The van der Waals surface area contributed by atoms with Gasteiger partial charge in [-0.2, -0.15) is 0 Å². The summed E-state index contributed by atoms with van der Waals surface area (Å²) in [5, 5.41) is 7.45. The number of benzene rings is 2. The Kier molecular flexibility index (Phi) is 8.69. The van der Waals surface area contributed by atoms with Crippen molar-refractivity contribution in [3.63, 3.8) is 0 Å². The van der Waals surface area contributed by atoms with Crippen LogP contribution in [0.5, 0.6) is 5.75 Å². The predicted molar refractivity (Wildman–Crippen MR) is 138 cm³/mol. The number of nitrogens with one attached hydrogen (secondary N) is 2. The molecule has 1 aliphatic heterocycles. The molecule has 0 bridgehead atoms. The molecule has 7 nitrogen and oxygen atoms in total. The van der Waals surface area contributed by atoms with E-state index in [-0.39, 0.29) is 18.1 Å². The lowest BCUT2D eigenvalue weighted by atomic mass is 10.1. The molecule has 1 amide bonds. The van der Waals surface area contributed by atoms with Gasteiger partial charge in [0.25, 0.3) is 5.91 Å². The average Bonchev–Trinajstić information content (AvgIpc) is 3.38. The third-order valence-electron chi connectivity index (χ3n) is 6.05. The fourth-order valence-corrected chi connectivity index (χ4v) is 4.09. The number of pyridine rings is 1. The van der Waals surface area contributed by atoms with Crippen LogP contribution >= 0.6 is 0 Å². The molecule has 0 saturated carbocycles. The van der Waals surface area contributed by atoms with Crippen molar-refractivity contribution in [3.8, 4) is 5.75 Å². The van der Waals surface area contributed by atoms with Gasteiger partial charge in [0.2, 0.25) is 0 Å². The van der Waals surface area contributed by atoms with E-state index in [4.69, 9.17) is 14.2 Å². The number of aromatic nitrogens is 1. The molecule has 1 unspecified atom stereocenters. The summed E-state index contributed by atoms with van der Waals surface area (Å²) in [6.07, 6.45) is 4.41. The number of hydrogen-bond donors (Lipinski definition) is 2. The highest BCUT2D eigenvalue weighted by Crippen LogP contribution is 2.25. The zero-order valence-corrected chi connectivity index (χ0v) is 20.8. The summed E-state index contributed by atoms with van der Waals surface area (Å²) in [7, 11) is 0. The third-order valence-corrected chi connectivity index (χ3v) is 6.05. The minimum absolute atomic E-state index is 0.164. The van der Waals surface area contributed by atoms with E-state index in [1.165, 1.54) is 0 Å². The largest absolute Gasteiger partial charge is 0.491 e. The van der Waals surface area contributed by atoms with E-state index in [9.17, 15) is 4.79 Å². The summed E-state index contributed by atoms with van der Waals surface area (Å²) < 4.78 is 16.9. The fraction of sp³-hybridized carbons (Fsp3) is 0.429. The number of anilines is 1. The minimum Gasteiger partial charge on any atom is -0.491 e. The van der Waals surface area contributed by atoms with Gasteiger partial charge in [0.1, 0.15) is 12.4 Å². The first kappa shape index (κ1) is 25.1. The molecule has 1 saturated heterocycles. The normalized spacial score (nSPS) is 15.6. The standard InChI is InChI=1S/C28H35N3O4/c1-19(2)33-14-12-29-16-21-15-23-8-11-26(20(3)27(23)30-17-21)31-28(32)22-6-9-24(10-7-22)35-18-25-5-4-13-34-25/h6-11,15,17,19,25,29H,4-5,12-14,16,18H2,1-3H3,(H,31,32). The van der Waals surface area contributed by atoms with Crippen molar-refractivity contribution in [3.05, 3.63) is 65.4 Å². The number of fused-ring (bicyclic) bond motifs is 1. The number of rotatable bonds is 11. The summed E-state index contributed by atoms with van der Waals surface area (Å²) >= 11 is 0. The number of carbonyl (C=O) groups excluding carboxylic acids is 1. The van der Waals surface area contributed by atoms with E-state index in [1.807, 2.05) is 51.2 Å². The topological polar surface area (TPSA) is 81.7 Å². The number of carbonyl (C=O) groups is 1. The molecule has 0 aliphatic carbocycles. The Morgan fingerprint density at radius 3 is 2.77 bits per heavy atom. The van der Waals surface area contributed by atoms with Gasteiger partial charge in [0, 0.05) is 42.5 Å². The first-order valence-corrected chi connectivity index (χ1v) is 12.4. The van der Waals surface area contributed by atoms with Crippen LogP contribution in [0.3, 0.4) is 0 Å². The van der Waals surface area contributed by atoms with E-state index < -0.39 is 0 Å². The highest BCUT2D eigenvalue weighted by molar-refractivity contribution is 6.06. The summed E-state index contributed by atoms with van der Waals surface area (Å²) in [5.41, 5.74) is 4.26. The molecule has 0 spiro atoms. The Hall–Kier alpha value is -3.00. The van der Waals surface area contributed by atoms with Crippen molar-refractivity contribution in [2.45, 2.75) is 52.4 Å². The van der Waals surface area contributed by atoms with Gasteiger partial charge in [-0.1, -0.05) is 6.07 Å². The van der Waals surface area contributed by atoms with E-state index in [1.54, 1.807) is 12.1 Å². The van der Waals surface area contributed by atoms with Crippen LogP contribution in [0.25, 0.3) is 10.9 Å². The summed E-state index contributed by atoms with van der Waals surface area (Å²) in [6, 6.07) is 13.3. The van der Waals surface area contributed by atoms with E-state index in [2.05, 4.69) is 21.7 Å². The Balaban J connectivity index is 1.34. The lowest BCUT2D eigenvalue weighted by Crippen LogP contribution is -2.21. The summed E-state index contributed by atoms with van der Waals surface area (Å²) in [6.45, 7) is 9.61. The Labute approximate surface area is 207 Å². The monoisotopic (exact) mass is 477 g/mol. The highest BCUT2D eigenvalue weighted by Gasteiger charge is 2.16. The lowest BCUT2D eigenvalue weighted by Gasteiger charge is -2.13. The van der Waals surface area contributed by atoms with Crippen molar-refractivity contribution >= 4 is 22.5 Å². The average molecular weight is 478 g/mol. The number of aryl methyl sites for hydroxylation is 1. The van der Waals surface area contributed by atoms with Crippen molar-refractivity contribution < 1.29 is 19.0 Å². The molecule has 7 heteroatoms. The van der Waals surface area contributed by atoms with Gasteiger partial charge in [0.05, 0.1) is 24.3 Å². The van der Waals surface area contributed by atoms with Crippen molar-refractivity contribution in [1.82, 2.24) is 10.3 Å². The second-order valence-corrected chi connectivity index (χ2v) is 9.17. The SMILES string of the molecule is Cc1c(NC(=O)c2ccc(OCC3CCCO3)cc2)ccc2cc(CNCCOC(C)C)cnc12. The molecule has 4 rings (SSSR count). The molecular formula is C28H35N3O4. The summed E-state index contributed by atoms with van der Waals surface area (Å²) in [4.78, 5) is 17.5. The van der Waals surface area contributed by atoms with Crippen LogP contribution < -0.4 is 15.4 Å². The van der Waals surface area contributed by atoms with Crippen LogP contribution in [0, 0.1) is 6.92 Å². The number of amides is 1. The fourth-order valence-electron chi connectivity index (χ4n) is 4.09. The quantitative estimate of drug-likeness (QED) is 0.384. The Bertz CT molecular complexity index is 1130. The number of ether oxygens (including phenoxy) is 3. The minimum atomic E-state index is -0.164. The third kappa shape index (κ3) is 7.01. The molecule has 35 heavy (non-hydrogen) atoms. The van der Waals surface area contributed by atoms with E-state index in [0.717, 1.165) is 66.0 Å². The molecule has 0 radical (unpaired) electrons. The van der Waals surface area contributed by atoms with Crippen molar-refractivity contribution in [2.75, 3.05) is 31.7 Å². The van der Waals surface area contributed by atoms with Crippen molar-refractivity contribution in [2.24, 2.45) is 0 Å². The summed E-state index contributed by atoms with van der Waals surface area (Å²) in [5.74, 6) is 0.573. The molecule has 186 valence electrons. The van der Waals surface area contributed by atoms with Gasteiger partial charge in [-0.3, -0.25) is 9.78 Å². The molecule has 1 atom stereocenters. The van der Waals surface area contributed by atoms with Crippen LogP contribution in [-0.2, 0) is 16.0 Å². The van der Waals surface area contributed by atoms with Crippen LogP contribution in [0.4, 0.5) is 5.69 Å². The van der Waals surface area contributed by atoms with Crippen LogP contribution in [-0.4, -0.2) is 49.5 Å². The Morgan fingerprint density at radius 1 is 1.20 bits per heavy atom. The maximum atomic E-state index is 12.8. The smallest absolute Gasteiger partial charge is 0.255 e. The zero-order valence-electron chi connectivity index (χ0n) is 20.8. The van der Waals surface area contributed by atoms with Crippen LogP contribution in [0.1, 0.15) is 48.2 Å². The number of hydrogen-bond acceptors (Lipinski definition) is 6. The van der Waals surface area contributed by atoms with E-state index in [0.29, 0.717) is 18.8 Å². The van der Waals surface area contributed by atoms with Gasteiger partial charge >= 0.3 is 0 Å². The van der Waals surface area contributed by atoms with Gasteiger partial charge in [-0.15, -0.1) is 0 Å². The Morgan fingerprint density at radius 2 is 2.03 bits per heavy atom. The highest BCUT2D eigenvalue weighted by atomic mass is 16.5. The van der Waals surface area contributed by atoms with Gasteiger partial charge < -0.3 is 24.8 Å². The molecule has 1 aromatic heterocycles. The van der Waals surface area contributed by atoms with Crippen molar-refractivity contribution in [1.29, 1.82) is 0 Å². The lowest BCUT2D eigenvalue weighted by molar-refractivity contribution is 0.0679. The van der Waals surface area contributed by atoms with Crippen LogP contribution in [0.15, 0.2) is 48.7 Å². The molecule has 2 aromatic carbocycles. The molecule has 2 heterocycles. The molecular weight excluding hydrogens is 442 g/mol. The second-order valence-electron chi connectivity index (χ2n) is 9.17. The zero-order chi connectivity index (χ0) is 24.6. The number of nitrogens with zero attached hydrogens (tertiary/aromatic N) is 1. The maximum Gasteiger partial charge on any atom is 0.255 e. The molecule has 1 fully saturated rings. The van der Waals surface area contributed by atoms with E-state index >= 15 is 0 Å². The van der Waals surface area contributed by atoms with Crippen LogP contribution in [0.2, 0.25) is 0 Å². The first-order chi connectivity index (χ1) is 17.0.